The zero-order valence-electron chi connectivity index (χ0n) is 39.3. The van der Waals surface area contributed by atoms with Crippen LogP contribution in [0.15, 0.2) is 12.2 Å². The number of methoxy groups -OCH3 is 1. The lowest BCUT2D eigenvalue weighted by atomic mass is 9.82. The molecule has 4 aliphatic heterocycles. The molecule has 17 heteroatoms. The topological polar surface area (TPSA) is 195 Å². The number of aliphatic hydroxyl groups excluding tert-OH is 2. The molecule has 0 bridgehead atoms. The highest BCUT2D eigenvalue weighted by molar-refractivity contribution is 5.72. The number of ether oxygens (including phenoxy) is 8. The first-order chi connectivity index (χ1) is 29.1. The van der Waals surface area contributed by atoms with Gasteiger partial charge >= 0.3 is 17.9 Å². The molecule has 358 valence electrons. The van der Waals surface area contributed by atoms with Crippen LogP contribution in [0.3, 0.4) is 0 Å². The van der Waals surface area contributed by atoms with E-state index in [9.17, 15) is 29.7 Å². The highest BCUT2D eigenvalue weighted by Gasteiger charge is 2.53. The fraction of sp³-hybridized carbons (Fsp3) is 0.889. The highest BCUT2D eigenvalue weighted by atomic mass is 16.7. The van der Waals surface area contributed by atoms with Gasteiger partial charge in [-0.3, -0.25) is 14.4 Å². The second kappa shape index (κ2) is 23.8. The zero-order chi connectivity index (χ0) is 46.1. The van der Waals surface area contributed by atoms with E-state index < -0.39 is 103 Å². The maximum absolute atomic E-state index is 13.4. The SMILES string of the molecule is CO[C@@H]1C(O[C@@H]2O[C@H](C)[C@@H](O[C@H]3C[C@@](C)(O)[C@@H](OC(=O)CC(C)C)[C@H](C)O3)[C@H](N(C)C)[C@H]2O)[C@@H](CCN2CCN(C)CC2)C[C@@H](C)[C@@H](O)/C=C/C[C@@H](C)OC(=O)C[C@H]1OC(C)=O. The van der Waals surface area contributed by atoms with Crippen molar-refractivity contribution in [2.45, 2.75) is 179 Å². The molecule has 0 spiro atoms. The molecule has 17 nitrogen and oxygen atoms in total. The number of aliphatic hydroxyl groups is 3. The molecule has 0 amide bonds. The third kappa shape index (κ3) is 14.9. The first-order valence-electron chi connectivity index (χ1n) is 22.6. The summed E-state index contributed by atoms with van der Waals surface area (Å²) in [6, 6.07) is -0.718. The molecule has 3 N–H and O–H groups in total. The van der Waals surface area contributed by atoms with Crippen molar-refractivity contribution < 1.29 is 67.6 Å². The average Bonchev–Trinajstić information content (AvgIpc) is 3.15. The molecular weight excluding hydrogens is 807 g/mol. The quantitative estimate of drug-likeness (QED) is 0.139. The van der Waals surface area contributed by atoms with Crippen LogP contribution in [0.4, 0.5) is 0 Å². The average molecular weight is 886 g/mol. The molecule has 4 heterocycles. The molecule has 62 heavy (non-hydrogen) atoms. The smallest absolute Gasteiger partial charge is 0.309 e. The van der Waals surface area contributed by atoms with Crippen LogP contribution in [0, 0.1) is 17.8 Å². The third-order valence-corrected chi connectivity index (χ3v) is 12.7. The van der Waals surface area contributed by atoms with Gasteiger partial charge in [-0.2, -0.15) is 0 Å². The van der Waals surface area contributed by atoms with Crippen molar-refractivity contribution in [2.75, 3.05) is 61.0 Å². The summed E-state index contributed by atoms with van der Waals surface area (Å²) in [5.41, 5.74) is -1.48. The fourth-order valence-corrected chi connectivity index (χ4v) is 9.31. The molecule has 0 aliphatic carbocycles. The number of cyclic esters (lactones) is 1. The minimum atomic E-state index is -1.48. The summed E-state index contributed by atoms with van der Waals surface area (Å²) in [5.74, 6) is -2.15. The molecule has 1 unspecified atom stereocenters. The lowest BCUT2D eigenvalue weighted by Crippen LogP contribution is -2.66. The van der Waals surface area contributed by atoms with E-state index in [2.05, 4.69) is 16.8 Å². The standard InChI is InChI=1S/C45H79N3O14/c1-26(2)22-35(51)60-43-30(6)57-37(25-45(43,8)54)61-40-29(5)58-44(39(53)38(40)46(9)10)62-41-32(16-17-48-20-18-47(11)19-21-48)23-27(3)33(50)15-13-14-28(4)56-36(52)24-34(42(41)55-12)59-31(7)49/h13,15,26-30,32-34,37-44,50,53-54H,14,16-25H2,1-12H3/b15-13+/t27-,28-,29-,30+,32+,33+,34-,37+,38-,39-,40-,41?,42+,43+,44+,45-/m1/s1. The van der Waals surface area contributed by atoms with Gasteiger partial charge in [0.2, 0.25) is 0 Å². The van der Waals surface area contributed by atoms with Crippen molar-refractivity contribution in [3.05, 3.63) is 12.2 Å². The Bertz CT molecular complexity index is 1440. The second-order valence-corrected chi connectivity index (χ2v) is 19.1. The van der Waals surface area contributed by atoms with Crippen LogP contribution >= 0.6 is 0 Å². The number of rotatable bonds is 13. The summed E-state index contributed by atoms with van der Waals surface area (Å²) >= 11 is 0. The summed E-state index contributed by atoms with van der Waals surface area (Å²) < 4.78 is 49.7. The minimum absolute atomic E-state index is 0.0130. The molecule has 16 atom stereocenters. The van der Waals surface area contributed by atoms with Gasteiger partial charge in [-0.15, -0.1) is 0 Å². The number of piperazine rings is 1. The Kier molecular flexibility index (Phi) is 20.1. The Morgan fingerprint density at radius 3 is 2.26 bits per heavy atom. The third-order valence-electron chi connectivity index (χ3n) is 12.7. The molecule has 0 aromatic carbocycles. The van der Waals surface area contributed by atoms with Crippen molar-refractivity contribution in [1.82, 2.24) is 14.7 Å². The lowest BCUT2D eigenvalue weighted by molar-refractivity contribution is -0.344. The summed E-state index contributed by atoms with van der Waals surface area (Å²) in [6.45, 7) is 18.2. The Labute approximate surface area is 369 Å². The monoisotopic (exact) mass is 886 g/mol. The summed E-state index contributed by atoms with van der Waals surface area (Å²) in [6.07, 6.45) is -6.13. The molecule has 3 fully saturated rings. The van der Waals surface area contributed by atoms with Crippen molar-refractivity contribution in [3.8, 4) is 0 Å². The number of hydrogen-bond acceptors (Lipinski definition) is 17. The van der Waals surface area contributed by atoms with Gasteiger partial charge in [0.05, 0.1) is 36.9 Å². The van der Waals surface area contributed by atoms with Gasteiger partial charge in [-0.1, -0.05) is 32.9 Å². The Morgan fingerprint density at radius 1 is 0.984 bits per heavy atom. The van der Waals surface area contributed by atoms with Crippen molar-refractivity contribution in [1.29, 1.82) is 0 Å². The van der Waals surface area contributed by atoms with E-state index in [0.717, 1.165) is 26.2 Å². The Morgan fingerprint density at radius 2 is 1.66 bits per heavy atom. The van der Waals surface area contributed by atoms with E-state index in [1.165, 1.54) is 14.0 Å². The van der Waals surface area contributed by atoms with Crippen LogP contribution < -0.4 is 0 Å². The van der Waals surface area contributed by atoms with Crippen molar-refractivity contribution in [3.63, 3.8) is 0 Å². The van der Waals surface area contributed by atoms with Gasteiger partial charge in [-0.25, -0.2) is 0 Å². The number of carbonyl (C=O) groups is 3. The van der Waals surface area contributed by atoms with Crippen LogP contribution in [0.25, 0.3) is 0 Å². The summed E-state index contributed by atoms with van der Waals surface area (Å²) in [4.78, 5) is 45.2. The predicted molar refractivity (Wildman–Crippen MR) is 229 cm³/mol. The van der Waals surface area contributed by atoms with Gasteiger partial charge in [-0.05, 0) is 86.0 Å². The van der Waals surface area contributed by atoms with Crippen LogP contribution in [0.5, 0.6) is 0 Å². The zero-order valence-corrected chi connectivity index (χ0v) is 39.3. The first kappa shape index (κ1) is 52.3. The van der Waals surface area contributed by atoms with E-state index in [0.29, 0.717) is 25.8 Å². The van der Waals surface area contributed by atoms with Crippen LogP contribution in [-0.2, 0) is 52.3 Å². The first-order valence-corrected chi connectivity index (χ1v) is 22.6. The van der Waals surface area contributed by atoms with Crippen LogP contribution in [0.1, 0.15) is 93.9 Å². The molecule has 0 aromatic rings. The van der Waals surface area contributed by atoms with E-state index >= 15 is 0 Å². The largest absolute Gasteiger partial charge is 0.462 e. The molecule has 4 rings (SSSR count). The Hall–Kier alpha value is -2.29. The van der Waals surface area contributed by atoms with E-state index in [1.54, 1.807) is 33.8 Å². The molecule has 3 saturated heterocycles. The maximum Gasteiger partial charge on any atom is 0.309 e. The molecule has 0 radical (unpaired) electrons. The maximum atomic E-state index is 13.4. The predicted octanol–water partition coefficient (Wildman–Crippen LogP) is 2.51. The van der Waals surface area contributed by atoms with Crippen LogP contribution in [0.2, 0.25) is 0 Å². The molecule has 0 aromatic heterocycles. The molecular formula is C45H79N3O14. The van der Waals surface area contributed by atoms with E-state index in [1.807, 2.05) is 45.8 Å². The van der Waals surface area contributed by atoms with Gasteiger partial charge in [0.15, 0.2) is 18.7 Å². The number of esters is 3. The molecule has 4 aliphatic rings. The fourth-order valence-electron chi connectivity index (χ4n) is 9.31. The van der Waals surface area contributed by atoms with E-state index in [-0.39, 0.29) is 37.0 Å². The number of hydrogen-bond donors (Lipinski definition) is 3. The second-order valence-electron chi connectivity index (χ2n) is 19.1. The summed E-state index contributed by atoms with van der Waals surface area (Å²) in [5, 5.41) is 35.2. The number of nitrogens with zero attached hydrogens (tertiary/aromatic N) is 3. The normalized spacial score (nSPS) is 40.4. The van der Waals surface area contributed by atoms with Gasteiger partial charge < -0.3 is 67.9 Å². The van der Waals surface area contributed by atoms with Gasteiger partial charge in [0, 0.05) is 59.5 Å². The Balaban J connectivity index is 1.67. The van der Waals surface area contributed by atoms with E-state index in [4.69, 9.17) is 37.9 Å². The number of carbonyl (C=O) groups excluding carboxylic acids is 3. The molecule has 0 saturated carbocycles. The van der Waals surface area contributed by atoms with Gasteiger partial charge in [0.1, 0.15) is 36.1 Å². The van der Waals surface area contributed by atoms with Crippen molar-refractivity contribution >= 4 is 17.9 Å². The van der Waals surface area contributed by atoms with Crippen LogP contribution in [-0.4, -0.2) is 194 Å². The lowest BCUT2D eigenvalue weighted by Gasteiger charge is -2.50. The summed E-state index contributed by atoms with van der Waals surface area (Å²) in [7, 11) is 7.18. The van der Waals surface area contributed by atoms with Crippen molar-refractivity contribution in [2.24, 2.45) is 17.8 Å². The van der Waals surface area contributed by atoms with Gasteiger partial charge in [0.25, 0.3) is 0 Å². The highest BCUT2D eigenvalue weighted by Crippen LogP contribution is 2.38. The number of likely N-dealkylation sites (N-methyl/N-ethyl adjacent to an activating group) is 2. The minimum Gasteiger partial charge on any atom is -0.462 e.